The largest absolute Gasteiger partial charge is 0.495 e. The first-order valence-corrected chi connectivity index (χ1v) is 7.88. The van der Waals surface area contributed by atoms with E-state index >= 15 is 0 Å². The van der Waals surface area contributed by atoms with Crippen LogP contribution in [0.4, 0.5) is 11.4 Å². The highest BCUT2D eigenvalue weighted by Crippen LogP contribution is 2.28. The van der Waals surface area contributed by atoms with E-state index < -0.39 is 10.8 Å². The highest BCUT2D eigenvalue weighted by atomic mass is 35.5. The number of non-ortho nitro benzene ring substituents is 1. The van der Waals surface area contributed by atoms with Crippen molar-refractivity contribution in [1.29, 1.82) is 0 Å². The van der Waals surface area contributed by atoms with Crippen molar-refractivity contribution in [2.24, 2.45) is 0 Å². The summed E-state index contributed by atoms with van der Waals surface area (Å²) in [5.74, 6) is -0.227. The molecule has 0 aromatic heterocycles. The van der Waals surface area contributed by atoms with Gasteiger partial charge in [-0.2, -0.15) is 0 Å². The predicted octanol–water partition coefficient (Wildman–Crippen LogP) is 4.04. The minimum absolute atomic E-state index is 0.0742. The van der Waals surface area contributed by atoms with E-state index in [4.69, 9.17) is 40.2 Å². The summed E-state index contributed by atoms with van der Waals surface area (Å²) in [5, 5.41) is 16.5. The second kappa shape index (κ2) is 8.11. The first-order valence-electron chi connectivity index (χ1n) is 6.71. The van der Waals surface area contributed by atoms with E-state index in [1.165, 1.54) is 43.5 Å². The van der Waals surface area contributed by atoms with Crippen LogP contribution in [-0.4, -0.2) is 23.1 Å². The molecule has 10 heteroatoms. The van der Waals surface area contributed by atoms with E-state index in [1.54, 1.807) is 0 Å². The van der Waals surface area contributed by atoms with Crippen molar-refractivity contribution < 1.29 is 14.5 Å². The fraction of sp³-hybridized carbons (Fsp3) is 0.0667. The quantitative estimate of drug-likeness (QED) is 0.457. The van der Waals surface area contributed by atoms with Gasteiger partial charge in [0.1, 0.15) is 5.75 Å². The third-order valence-electron chi connectivity index (χ3n) is 3.04. The predicted molar refractivity (Wildman–Crippen MR) is 99.8 cm³/mol. The van der Waals surface area contributed by atoms with Gasteiger partial charge in [0, 0.05) is 17.2 Å². The van der Waals surface area contributed by atoms with Gasteiger partial charge in [-0.25, -0.2) is 0 Å². The first-order chi connectivity index (χ1) is 11.8. The summed E-state index contributed by atoms with van der Waals surface area (Å²) < 4.78 is 5.11. The lowest BCUT2D eigenvalue weighted by molar-refractivity contribution is -0.384. The number of hydrogen-bond donors (Lipinski definition) is 2. The molecule has 2 aromatic rings. The van der Waals surface area contributed by atoms with Crippen LogP contribution in [0.2, 0.25) is 10.0 Å². The van der Waals surface area contributed by atoms with Crippen LogP contribution in [0, 0.1) is 10.1 Å². The monoisotopic (exact) mass is 399 g/mol. The minimum atomic E-state index is -0.556. The van der Waals surface area contributed by atoms with E-state index in [0.717, 1.165) is 0 Å². The molecule has 0 atom stereocenters. The number of halogens is 2. The molecule has 0 radical (unpaired) electrons. The molecule has 0 aliphatic carbocycles. The number of nitrogens with zero attached hydrogens (tertiary/aromatic N) is 1. The average molecular weight is 400 g/mol. The molecular weight excluding hydrogens is 389 g/mol. The van der Waals surface area contributed by atoms with Crippen molar-refractivity contribution in [3.05, 3.63) is 62.1 Å². The fourth-order valence-corrected chi connectivity index (χ4v) is 2.60. The number of thiocarbonyl (C=S) groups is 1. The standard InChI is InChI=1S/C15H11Cl2N3O4S/c1-24-13-5-3-9(20(22)23)7-12(13)18-15(25)19-14(21)10-4-2-8(16)6-11(10)17/h2-7H,1H3,(H2,18,19,21,25). The lowest BCUT2D eigenvalue weighted by Crippen LogP contribution is -2.34. The number of methoxy groups -OCH3 is 1. The van der Waals surface area contributed by atoms with Gasteiger partial charge in [-0.05, 0) is 36.5 Å². The Balaban J connectivity index is 2.15. The number of rotatable bonds is 4. The summed E-state index contributed by atoms with van der Waals surface area (Å²) in [5.41, 5.74) is 0.267. The van der Waals surface area contributed by atoms with Gasteiger partial charge in [0.15, 0.2) is 5.11 Å². The summed E-state index contributed by atoms with van der Waals surface area (Å²) >= 11 is 16.8. The van der Waals surface area contributed by atoms with Gasteiger partial charge in [0.05, 0.1) is 28.3 Å². The maximum atomic E-state index is 12.2. The third-order valence-corrected chi connectivity index (χ3v) is 3.80. The van der Waals surface area contributed by atoms with Crippen molar-refractivity contribution in [1.82, 2.24) is 5.32 Å². The molecule has 0 saturated heterocycles. The SMILES string of the molecule is COc1ccc([N+](=O)[O-])cc1NC(=S)NC(=O)c1ccc(Cl)cc1Cl. The van der Waals surface area contributed by atoms with E-state index in [0.29, 0.717) is 10.8 Å². The fourth-order valence-electron chi connectivity index (χ4n) is 1.90. The highest BCUT2D eigenvalue weighted by molar-refractivity contribution is 7.80. The highest BCUT2D eigenvalue weighted by Gasteiger charge is 2.15. The number of benzene rings is 2. The molecule has 2 rings (SSSR count). The zero-order valence-corrected chi connectivity index (χ0v) is 15.0. The Morgan fingerprint density at radius 2 is 1.96 bits per heavy atom. The number of nitrogens with one attached hydrogen (secondary N) is 2. The van der Waals surface area contributed by atoms with Crippen LogP contribution in [0.25, 0.3) is 0 Å². The molecule has 2 aromatic carbocycles. The Morgan fingerprint density at radius 1 is 1.24 bits per heavy atom. The number of amides is 1. The summed E-state index contributed by atoms with van der Waals surface area (Å²) in [4.78, 5) is 22.5. The molecule has 0 fully saturated rings. The molecule has 2 N–H and O–H groups in total. The summed E-state index contributed by atoms with van der Waals surface area (Å²) in [7, 11) is 1.40. The molecular formula is C15H11Cl2N3O4S. The van der Waals surface area contributed by atoms with Gasteiger partial charge < -0.3 is 10.1 Å². The van der Waals surface area contributed by atoms with Crippen molar-refractivity contribution >= 4 is 57.8 Å². The van der Waals surface area contributed by atoms with E-state index in [-0.39, 0.29) is 27.1 Å². The number of carbonyl (C=O) groups excluding carboxylic acids is 1. The summed E-state index contributed by atoms with van der Waals surface area (Å²) in [6, 6.07) is 8.35. The van der Waals surface area contributed by atoms with E-state index in [2.05, 4.69) is 10.6 Å². The van der Waals surface area contributed by atoms with Gasteiger partial charge in [0.25, 0.3) is 11.6 Å². The normalized spacial score (nSPS) is 10.0. The average Bonchev–Trinajstić information content (AvgIpc) is 2.54. The van der Waals surface area contributed by atoms with Gasteiger partial charge in [-0.1, -0.05) is 23.2 Å². The Kier molecular flexibility index (Phi) is 6.13. The smallest absolute Gasteiger partial charge is 0.271 e. The molecule has 25 heavy (non-hydrogen) atoms. The van der Waals surface area contributed by atoms with Crippen LogP contribution in [-0.2, 0) is 0 Å². The minimum Gasteiger partial charge on any atom is -0.495 e. The van der Waals surface area contributed by atoms with Crippen LogP contribution in [0.5, 0.6) is 5.75 Å². The zero-order chi connectivity index (χ0) is 18.6. The molecule has 7 nitrogen and oxygen atoms in total. The van der Waals surface area contributed by atoms with Crippen molar-refractivity contribution in [3.8, 4) is 5.75 Å². The lowest BCUT2D eigenvalue weighted by Gasteiger charge is -2.13. The molecule has 0 unspecified atom stereocenters. The molecule has 0 aliphatic rings. The topological polar surface area (TPSA) is 93.5 Å². The number of nitro groups is 1. The Bertz CT molecular complexity index is 861. The maximum Gasteiger partial charge on any atom is 0.271 e. The van der Waals surface area contributed by atoms with E-state index in [1.807, 2.05) is 0 Å². The zero-order valence-electron chi connectivity index (χ0n) is 12.7. The van der Waals surface area contributed by atoms with Crippen molar-refractivity contribution in [2.45, 2.75) is 0 Å². The number of ether oxygens (including phenoxy) is 1. The molecule has 0 bridgehead atoms. The molecule has 0 spiro atoms. The molecule has 130 valence electrons. The Labute approximate surface area is 158 Å². The molecule has 0 aliphatic heterocycles. The molecule has 1 amide bonds. The van der Waals surface area contributed by atoms with Gasteiger partial charge in [-0.15, -0.1) is 0 Å². The van der Waals surface area contributed by atoms with Crippen molar-refractivity contribution in [2.75, 3.05) is 12.4 Å². The van der Waals surface area contributed by atoms with Crippen LogP contribution < -0.4 is 15.4 Å². The van der Waals surface area contributed by atoms with Gasteiger partial charge in [0.2, 0.25) is 0 Å². The summed E-state index contributed by atoms with van der Waals surface area (Å²) in [6.45, 7) is 0. The number of anilines is 1. The summed E-state index contributed by atoms with van der Waals surface area (Å²) in [6.07, 6.45) is 0. The Hall–Kier alpha value is -2.42. The molecule has 0 saturated carbocycles. The Morgan fingerprint density at radius 3 is 2.56 bits per heavy atom. The lowest BCUT2D eigenvalue weighted by atomic mass is 10.2. The number of hydrogen-bond acceptors (Lipinski definition) is 5. The van der Waals surface area contributed by atoms with Gasteiger partial charge in [-0.3, -0.25) is 20.2 Å². The van der Waals surface area contributed by atoms with Crippen LogP contribution in [0.3, 0.4) is 0 Å². The number of carbonyl (C=O) groups is 1. The van der Waals surface area contributed by atoms with Gasteiger partial charge >= 0.3 is 0 Å². The third kappa shape index (κ3) is 4.79. The van der Waals surface area contributed by atoms with E-state index in [9.17, 15) is 14.9 Å². The van der Waals surface area contributed by atoms with Crippen molar-refractivity contribution in [3.63, 3.8) is 0 Å². The van der Waals surface area contributed by atoms with Crippen LogP contribution in [0.1, 0.15) is 10.4 Å². The van der Waals surface area contributed by atoms with Crippen LogP contribution >= 0.6 is 35.4 Å². The maximum absolute atomic E-state index is 12.2. The second-order valence-corrected chi connectivity index (χ2v) is 5.93. The van der Waals surface area contributed by atoms with Crippen LogP contribution in [0.15, 0.2) is 36.4 Å². The molecule has 0 heterocycles. The second-order valence-electron chi connectivity index (χ2n) is 4.67. The number of nitro benzene ring substituents is 1. The first kappa shape index (κ1) is 18.9.